The van der Waals surface area contributed by atoms with Crippen LogP contribution in [0.15, 0.2) is 29.4 Å². The van der Waals surface area contributed by atoms with E-state index in [9.17, 15) is 9.70 Å². The number of morpholine rings is 1. The van der Waals surface area contributed by atoms with Gasteiger partial charge in [-0.15, -0.1) is 0 Å². The van der Waals surface area contributed by atoms with Crippen molar-refractivity contribution in [1.82, 2.24) is 10.2 Å². The van der Waals surface area contributed by atoms with Gasteiger partial charge in [0.1, 0.15) is 0 Å². The highest BCUT2D eigenvalue weighted by atomic mass is 16.5. The number of aryl methyl sites for hydroxylation is 1. The first-order valence-electron chi connectivity index (χ1n) is 7.17. The Morgan fingerprint density at radius 2 is 2.29 bits per heavy atom. The number of ether oxygens (including phenoxy) is 1. The van der Waals surface area contributed by atoms with E-state index < -0.39 is 0 Å². The molecule has 1 aromatic rings. The number of rotatable bonds is 6. The minimum Gasteiger partial charge on any atom is -0.374 e. The molecule has 0 saturated carbocycles. The molecule has 114 valence electrons. The molecule has 0 bridgehead atoms. The highest BCUT2D eigenvalue weighted by Gasteiger charge is 2.21. The molecule has 1 saturated heterocycles. The van der Waals surface area contributed by atoms with Crippen molar-refractivity contribution in [3.05, 3.63) is 40.3 Å². The van der Waals surface area contributed by atoms with Gasteiger partial charge in [-0.25, -0.2) is 0 Å². The SMILES string of the molecule is Cc1ccccc1C(=O)NCC1CN(CCN=O)CCO1. The highest BCUT2D eigenvalue weighted by Crippen LogP contribution is 2.08. The fourth-order valence-corrected chi connectivity index (χ4v) is 2.42. The minimum absolute atomic E-state index is 0.0432. The van der Waals surface area contributed by atoms with Gasteiger partial charge in [-0.05, 0) is 18.6 Å². The summed E-state index contributed by atoms with van der Waals surface area (Å²) in [5.41, 5.74) is 1.65. The Morgan fingerprint density at radius 3 is 3.05 bits per heavy atom. The molecular weight excluding hydrogens is 270 g/mol. The maximum absolute atomic E-state index is 12.1. The van der Waals surface area contributed by atoms with Crippen molar-refractivity contribution >= 4 is 5.91 Å². The van der Waals surface area contributed by atoms with Crippen LogP contribution in [0.1, 0.15) is 15.9 Å². The van der Waals surface area contributed by atoms with Gasteiger partial charge in [0.25, 0.3) is 5.91 Å². The number of nitroso groups, excluding NO2 is 1. The van der Waals surface area contributed by atoms with Crippen LogP contribution < -0.4 is 5.32 Å². The minimum atomic E-state index is -0.0802. The second kappa shape index (κ2) is 7.85. The molecular formula is C15H21N3O3. The second-order valence-corrected chi connectivity index (χ2v) is 5.17. The van der Waals surface area contributed by atoms with Crippen LogP contribution in [0.4, 0.5) is 0 Å². The molecule has 1 aromatic carbocycles. The lowest BCUT2D eigenvalue weighted by atomic mass is 10.1. The summed E-state index contributed by atoms with van der Waals surface area (Å²) in [6.07, 6.45) is -0.0432. The molecule has 6 nitrogen and oxygen atoms in total. The Labute approximate surface area is 124 Å². The van der Waals surface area contributed by atoms with Gasteiger partial charge in [0.2, 0.25) is 0 Å². The molecule has 0 radical (unpaired) electrons. The molecule has 2 rings (SSSR count). The van der Waals surface area contributed by atoms with Crippen LogP contribution in [0, 0.1) is 11.8 Å². The van der Waals surface area contributed by atoms with E-state index in [4.69, 9.17) is 4.74 Å². The molecule has 6 heteroatoms. The van der Waals surface area contributed by atoms with Gasteiger partial charge in [0, 0.05) is 31.7 Å². The van der Waals surface area contributed by atoms with E-state index in [-0.39, 0.29) is 12.0 Å². The van der Waals surface area contributed by atoms with Gasteiger partial charge in [-0.2, -0.15) is 4.91 Å². The number of hydrogen-bond acceptors (Lipinski definition) is 5. The van der Waals surface area contributed by atoms with Crippen LogP contribution in [0.25, 0.3) is 0 Å². The lowest BCUT2D eigenvalue weighted by Crippen LogP contribution is -2.48. The van der Waals surface area contributed by atoms with E-state index in [2.05, 4.69) is 15.4 Å². The first kappa shape index (κ1) is 15.6. The first-order chi connectivity index (χ1) is 10.2. The molecule has 0 spiro atoms. The monoisotopic (exact) mass is 291 g/mol. The van der Waals surface area contributed by atoms with E-state index in [0.29, 0.717) is 38.3 Å². The zero-order valence-electron chi connectivity index (χ0n) is 12.2. The number of carbonyl (C=O) groups is 1. The van der Waals surface area contributed by atoms with Gasteiger partial charge in [0.15, 0.2) is 0 Å². The average molecular weight is 291 g/mol. The van der Waals surface area contributed by atoms with Crippen LogP contribution >= 0.6 is 0 Å². The number of benzene rings is 1. The summed E-state index contributed by atoms with van der Waals surface area (Å²) in [6.45, 7) is 5.46. The van der Waals surface area contributed by atoms with Crippen LogP contribution in [0.3, 0.4) is 0 Å². The Kier molecular flexibility index (Phi) is 5.83. The smallest absolute Gasteiger partial charge is 0.251 e. The lowest BCUT2D eigenvalue weighted by Gasteiger charge is -2.32. The third-order valence-electron chi connectivity index (χ3n) is 3.61. The molecule has 1 atom stereocenters. The summed E-state index contributed by atoms with van der Waals surface area (Å²) in [5, 5.41) is 5.79. The number of nitrogens with one attached hydrogen (secondary N) is 1. The fraction of sp³-hybridized carbons (Fsp3) is 0.533. The predicted octanol–water partition coefficient (Wildman–Crippen LogP) is 1.19. The van der Waals surface area contributed by atoms with Gasteiger partial charge in [-0.1, -0.05) is 23.4 Å². The molecule has 0 aromatic heterocycles. The van der Waals surface area contributed by atoms with E-state index in [0.717, 1.165) is 12.1 Å². The van der Waals surface area contributed by atoms with Gasteiger partial charge >= 0.3 is 0 Å². The number of amides is 1. The van der Waals surface area contributed by atoms with Crippen molar-refractivity contribution in [2.24, 2.45) is 5.18 Å². The Bertz CT molecular complexity index is 493. The standard InChI is InChI=1S/C15H21N3O3/c1-12-4-2-3-5-14(12)15(19)16-10-13-11-18(7-6-17-20)8-9-21-13/h2-5,13H,6-11H2,1H3,(H,16,19). The largest absolute Gasteiger partial charge is 0.374 e. The number of carbonyl (C=O) groups excluding carboxylic acids is 1. The Hall–Kier alpha value is -1.79. The second-order valence-electron chi connectivity index (χ2n) is 5.17. The van der Waals surface area contributed by atoms with Crippen molar-refractivity contribution in [3.63, 3.8) is 0 Å². The van der Waals surface area contributed by atoms with Crippen LogP contribution in [0.2, 0.25) is 0 Å². The van der Waals surface area contributed by atoms with Crippen molar-refractivity contribution in [3.8, 4) is 0 Å². The molecule has 1 aliphatic rings. The third kappa shape index (κ3) is 4.61. The summed E-state index contributed by atoms with van der Waals surface area (Å²) >= 11 is 0. The van der Waals surface area contributed by atoms with E-state index in [1.54, 1.807) is 0 Å². The number of hydrogen-bond donors (Lipinski definition) is 1. The van der Waals surface area contributed by atoms with E-state index >= 15 is 0 Å². The molecule has 1 amide bonds. The Balaban J connectivity index is 1.81. The van der Waals surface area contributed by atoms with Crippen molar-refractivity contribution in [2.45, 2.75) is 13.0 Å². The van der Waals surface area contributed by atoms with Gasteiger partial charge in [0.05, 0.1) is 19.3 Å². The van der Waals surface area contributed by atoms with Crippen LogP contribution in [0.5, 0.6) is 0 Å². The maximum Gasteiger partial charge on any atom is 0.251 e. The highest BCUT2D eigenvalue weighted by molar-refractivity contribution is 5.95. The predicted molar refractivity (Wildman–Crippen MR) is 80.4 cm³/mol. The Morgan fingerprint density at radius 1 is 1.48 bits per heavy atom. The summed E-state index contributed by atoms with van der Waals surface area (Å²) in [6, 6.07) is 7.50. The normalized spacial score (nSPS) is 19.2. The lowest BCUT2D eigenvalue weighted by molar-refractivity contribution is -0.0252. The molecule has 1 heterocycles. The zero-order chi connectivity index (χ0) is 15.1. The van der Waals surface area contributed by atoms with Crippen LogP contribution in [-0.4, -0.2) is 56.2 Å². The van der Waals surface area contributed by atoms with Crippen molar-refractivity contribution < 1.29 is 9.53 Å². The first-order valence-corrected chi connectivity index (χ1v) is 7.17. The molecule has 1 N–H and O–H groups in total. The van der Waals surface area contributed by atoms with Crippen molar-refractivity contribution in [2.75, 3.05) is 39.3 Å². The maximum atomic E-state index is 12.1. The summed E-state index contributed by atoms with van der Waals surface area (Å²) < 4.78 is 5.64. The topological polar surface area (TPSA) is 71.0 Å². The van der Waals surface area contributed by atoms with E-state index in [1.165, 1.54) is 0 Å². The fourth-order valence-electron chi connectivity index (χ4n) is 2.42. The van der Waals surface area contributed by atoms with Crippen molar-refractivity contribution in [1.29, 1.82) is 0 Å². The molecule has 0 aliphatic carbocycles. The number of nitrogens with zero attached hydrogens (tertiary/aromatic N) is 2. The third-order valence-corrected chi connectivity index (χ3v) is 3.61. The van der Waals surface area contributed by atoms with E-state index in [1.807, 2.05) is 31.2 Å². The average Bonchev–Trinajstić information content (AvgIpc) is 2.51. The van der Waals surface area contributed by atoms with Gasteiger partial charge < -0.3 is 10.1 Å². The molecule has 1 unspecified atom stereocenters. The molecule has 1 aliphatic heterocycles. The van der Waals surface area contributed by atoms with Gasteiger partial charge in [-0.3, -0.25) is 9.69 Å². The molecule has 21 heavy (non-hydrogen) atoms. The summed E-state index contributed by atoms with van der Waals surface area (Å²) in [5.74, 6) is -0.0802. The summed E-state index contributed by atoms with van der Waals surface area (Å²) in [4.78, 5) is 24.4. The van der Waals surface area contributed by atoms with Crippen LogP contribution in [-0.2, 0) is 4.74 Å². The zero-order valence-corrected chi connectivity index (χ0v) is 12.2. The quantitative estimate of drug-likeness (QED) is 0.799. The summed E-state index contributed by atoms with van der Waals surface area (Å²) in [7, 11) is 0. The molecule has 1 fully saturated rings.